The van der Waals surface area contributed by atoms with Gasteiger partial charge in [-0.25, -0.2) is 0 Å². The molecule has 268 valence electrons. The molecule has 12 heteroatoms. The number of hydrogen-bond donors (Lipinski definition) is 4. The number of anilines is 3. The molecular weight excluding hydrogens is 673 g/mol. The van der Waals surface area contributed by atoms with Crippen molar-refractivity contribution in [1.82, 2.24) is 15.0 Å². The van der Waals surface area contributed by atoms with Crippen molar-refractivity contribution in [2.45, 2.75) is 56.1 Å². The van der Waals surface area contributed by atoms with E-state index >= 15 is 0 Å². The summed E-state index contributed by atoms with van der Waals surface area (Å²) in [6.07, 6.45) is 2.16. The molecule has 52 heavy (non-hydrogen) atoms. The normalized spacial score (nSPS) is 21.5. The second-order valence-electron chi connectivity index (χ2n) is 14.3. The van der Waals surface area contributed by atoms with Crippen LogP contribution in [0.1, 0.15) is 46.4 Å². The van der Waals surface area contributed by atoms with Crippen molar-refractivity contribution in [1.29, 1.82) is 0 Å². The van der Waals surface area contributed by atoms with E-state index in [0.29, 0.717) is 46.8 Å². The first kappa shape index (κ1) is 35.1. The summed E-state index contributed by atoms with van der Waals surface area (Å²) in [4.78, 5) is 27.4. The van der Waals surface area contributed by atoms with Crippen molar-refractivity contribution in [3.63, 3.8) is 0 Å². The maximum absolute atomic E-state index is 14.2. The fourth-order valence-corrected chi connectivity index (χ4v) is 12.3. The molecule has 1 fully saturated rings. The van der Waals surface area contributed by atoms with Crippen LogP contribution >= 0.6 is 0 Å². The van der Waals surface area contributed by atoms with Crippen LogP contribution in [0.4, 0.5) is 17.1 Å². The van der Waals surface area contributed by atoms with E-state index < -0.39 is 13.7 Å². The third kappa shape index (κ3) is 6.27. The number of nitrogens with one attached hydrogen (secondary N) is 2. The Kier molecular flexibility index (Phi) is 9.47. The predicted octanol–water partition coefficient (Wildman–Crippen LogP) is 5.50. The topological polar surface area (TPSA) is 154 Å². The molecule has 1 unspecified atom stereocenters. The second kappa shape index (κ2) is 14.0. The molecule has 5 aromatic rings. The zero-order valence-electron chi connectivity index (χ0n) is 29.7. The van der Waals surface area contributed by atoms with Gasteiger partial charge in [-0.05, 0) is 72.1 Å². The number of aromatic nitrogens is 3. The summed E-state index contributed by atoms with van der Waals surface area (Å²) < 4.78 is 14.4. The molecule has 7 rings (SSSR count). The Morgan fingerprint density at radius 1 is 1.08 bits per heavy atom. The molecule has 3 heterocycles. The molecule has 0 saturated carbocycles. The van der Waals surface area contributed by atoms with Gasteiger partial charge in [0.15, 0.2) is 5.60 Å². The molecule has 2 amide bonds. The number of hydrogen-bond acceptors (Lipinski definition) is 8. The van der Waals surface area contributed by atoms with Crippen molar-refractivity contribution in [3.05, 3.63) is 126 Å². The number of nitrogen functional groups attached to an aromatic ring is 1. The van der Waals surface area contributed by atoms with Gasteiger partial charge in [0.25, 0.3) is 11.8 Å². The number of ether oxygens (including phenoxy) is 2. The molecule has 1 aromatic heterocycles. The van der Waals surface area contributed by atoms with Gasteiger partial charge in [0.1, 0.15) is 5.75 Å². The molecule has 1 spiro atoms. The zero-order valence-corrected chi connectivity index (χ0v) is 30.7. The van der Waals surface area contributed by atoms with Gasteiger partial charge < -0.3 is 30.9 Å². The zero-order chi connectivity index (χ0) is 36.6. The Labute approximate surface area is 304 Å². The third-order valence-electron chi connectivity index (χ3n) is 11.0. The SMILES string of the molecule is COc1ccc([Si](C)(C)[C@@H]2[C@@H](CCn3cc(C(CO)c4ccccc4)nn3)O[C@]3(C(=O)Nc4ccc(NC(=O)c5ccc(N)cc5)cc43)[C@H]2C)cc1. The fourth-order valence-electron chi connectivity index (χ4n) is 8.21. The molecular formula is C40H44N6O5Si. The van der Waals surface area contributed by atoms with Gasteiger partial charge in [0.2, 0.25) is 0 Å². The van der Waals surface area contributed by atoms with E-state index in [9.17, 15) is 14.7 Å². The summed E-state index contributed by atoms with van der Waals surface area (Å²) in [6, 6.07) is 30.2. The van der Waals surface area contributed by atoms with Crippen LogP contribution in [-0.4, -0.2) is 59.8 Å². The number of nitrogens with zero attached hydrogens (tertiary/aromatic N) is 3. The maximum atomic E-state index is 14.2. The molecule has 5 N–H and O–H groups in total. The van der Waals surface area contributed by atoms with Gasteiger partial charge in [0, 0.05) is 46.8 Å². The lowest BCUT2D eigenvalue weighted by molar-refractivity contribution is -0.143. The fraction of sp³-hybridized carbons (Fsp3) is 0.300. The minimum absolute atomic E-state index is 0.0168. The molecule has 11 nitrogen and oxygen atoms in total. The minimum atomic E-state index is -2.36. The number of rotatable bonds is 11. The number of amides is 2. The summed E-state index contributed by atoms with van der Waals surface area (Å²) in [5.41, 5.74) is 9.22. The number of fused-ring (bicyclic) bond motifs is 2. The summed E-state index contributed by atoms with van der Waals surface area (Å²) >= 11 is 0. The largest absolute Gasteiger partial charge is 0.497 e. The van der Waals surface area contributed by atoms with Crippen LogP contribution in [0.2, 0.25) is 18.6 Å². The molecule has 2 aliphatic heterocycles. The van der Waals surface area contributed by atoms with Gasteiger partial charge in [-0.1, -0.05) is 72.9 Å². The van der Waals surface area contributed by atoms with Crippen LogP contribution in [0.15, 0.2) is 103 Å². The van der Waals surface area contributed by atoms with E-state index in [0.717, 1.165) is 11.3 Å². The summed E-state index contributed by atoms with van der Waals surface area (Å²) in [7, 11) is -0.703. The van der Waals surface area contributed by atoms with E-state index in [1.54, 1.807) is 42.1 Å². The van der Waals surface area contributed by atoms with Gasteiger partial charge in [-0.2, -0.15) is 0 Å². The monoisotopic (exact) mass is 716 g/mol. The minimum Gasteiger partial charge on any atom is -0.497 e. The first-order valence-corrected chi connectivity index (χ1v) is 20.6. The van der Waals surface area contributed by atoms with E-state index in [1.807, 2.05) is 60.8 Å². The summed E-state index contributed by atoms with van der Waals surface area (Å²) in [5.74, 6) is -0.204. The Balaban J connectivity index is 1.21. The number of aliphatic hydroxyl groups is 1. The third-order valence-corrected chi connectivity index (χ3v) is 15.3. The Morgan fingerprint density at radius 3 is 2.50 bits per heavy atom. The maximum Gasteiger partial charge on any atom is 0.261 e. The van der Waals surface area contributed by atoms with Gasteiger partial charge in [-0.3, -0.25) is 14.3 Å². The molecule has 0 bridgehead atoms. The number of methoxy groups -OCH3 is 1. The number of nitrogens with two attached hydrogens (primary N) is 1. The highest BCUT2D eigenvalue weighted by atomic mass is 28.3. The average Bonchev–Trinajstić information content (AvgIpc) is 3.82. The lowest BCUT2D eigenvalue weighted by Crippen LogP contribution is -2.51. The van der Waals surface area contributed by atoms with Crippen molar-refractivity contribution < 1.29 is 24.2 Å². The quantitative estimate of drug-likeness (QED) is 0.103. The summed E-state index contributed by atoms with van der Waals surface area (Å²) in [5, 5.41) is 26.4. The van der Waals surface area contributed by atoms with Crippen LogP contribution in [0.3, 0.4) is 0 Å². The van der Waals surface area contributed by atoms with Crippen molar-refractivity contribution in [2.75, 3.05) is 30.1 Å². The average molecular weight is 717 g/mol. The Bertz CT molecular complexity index is 2070. The Morgan fingerprint density at radius 2 is 1.81 bits per heavy atom. The van der Waals surface area contributed by atoms with E-state index in [1.165, 1.54) is 5.19 Å². The Hall–Kier alpha value is -5.30. The first-order chi connectivity index (χ1) is 25.0. The van der Waals surface area contributed by atoms with Crippen molar-refractivity contribution >= 4 is 42.1 Å². The lowest BCUT2D eigenvalue weighted by Gasteiger charge is -2.37. The van der Waals surface area contributed by atoms with Crippen LogP contribution in [0, 0.1) is 5.92 Å². The van der Waals surface area contributed by atoms with E-state index in [2.05, 4.69) is 53.1 Å². The molecule has 4 aromatic carbocycles. The number of benzene rings is 4. The number of aliphatic hydroxyl groups excluding tert-OH is 1. The molecule has 0 radical (unpaired) electrons. The van der Waals surface area contributed by atoms with Gasteiger partial charge >= 0.3 is 0 Å². The highest BCUT2D eigenvalue weighted by Gasteiger charge is 2.64. The van der Waals surface area contributed by atoms with E-state index in [4.69, 9.17) is 15.2 Å². The van der Waals surface area contributed by atoms with Gasteiger partial charge in [-0.15, -0.1) is 5.10 Å². The van der Waals surface area contributed by atoms with Crippen molar-refractivity contribution in [2.24, 2.45) is 5.92 Å². The van der Waals surface area contributed by atoms with Gasteiger partial charge in [0.05, 0.1) is 39.5 Å². The number of aryl methyl sites for hydroxylation is 1. The van der Waals surface area contributed by atoms with Crippen molar-refractivity contribution in [3.8, 4) is 5.75 Å². The number of carbonyl (C=O) groups is 2. The highest BCUT2D eigenvalue weighted by Crippen LogP contribution is 2.59. The summed E-state index contributed by atoms with van der Waals surface area (Å²) in [6.45, 7) is 7.21. The van der Waals surface area contributed by atoms with Crippen LogP contribution < -0.4 is 26.3 Å². The smallest absolute Gasteiger partial charge is 0.261 e. The molecule has 5 atom stereocenters. The highest BCUT2D eigenvalue weighted by molar-refractivity contribution is 6.91. The number of carbonyl (C=O) groups excluding carboxylic acids is 2. The van der Waals surface area contributed by atoms with Crippen LogP contribution in [-0.2, 0) is 21.7 Å². The molecule has 1 saturated heterocycles. The standard InChI is InChI=1S/C40H44N6O5Si/c1-25-37(52(3,4)31-17-15-30(50-2)16-18-31)36(20-21-46-23-35(44-45-46)32(24-47)26-8-6-5-7-9-26)51-40(25)33-22-29(14-19-34(33)43-39(40)49)42-38(48)27-10-12-28(41)13-11-27/h5-19,22-23,25,32,36-37,47H,20-21,24,41H2,1-4H3,(H,42,48)(H,43,49)/t25-,32?,36+,37-,40+/m0/s1. The van der Waals surface area contributed by atoms with Crippen LogP contribution in [0.5, 0.6) is 5.75 Å². The molecule has 2 aliphatic rings. The lowest BCUT2D eigenvalue weighted by atomic mass is 9.82. The second-order valence-corrected chi connectivity index (χ2v) is 19.0. The van der Waals surface area contributed by atoms with Crippen LogP contribution in [0.25, 0.3) is 0 Å². The molecule has 0 aliphatic carbocycles. The van der Waals surface area contributed by atoms with E-state index in [-0.39, 0.29) is 41.9 Å². The first-order valence-electron chi connectivity index (χ1n) is 17.6. The predicted molar refractivity (Wildman–Crippen MR) is 203 cm³/mol.